The molecule has 0 bridgehead atoms. The molecule has 1 N–H and O–H groups in total. The minimum atomic E-state index is -0.591. The fourth-order valence-corrected chi connectivity index (χ4v) is 3.14. The summed E-state index contributed by atoms with van der Waals surface area (Å²) in [5.41, 5.74) is 0.908. The maximum Gasteiger partial charge on any atom is 0.339 e. The van der Waals surface area contributed by atoms with Crippen LogP contribution in [0.25, 0.3) is 5.69 Å². The van der Waals surface area contributed by atoms with E-state index in [-0.39, 0.29) is 22.8 Å². The summed E-state index contributed by atoms with van der Waals surface area (Å²) in [7, 11) is 0. The average molecular weight is 349 g/mol. The number of carbonyl (C=O) groups excluding carboxylic acids is 1. The Morgan fingerprint density at radius 3 is 2.79 bits per heavy atom. The van der Waals surface area contributed by atoms with Gasteiger partial charge in [-0.2, -0.15) is 0 Å². The standard InChI is InChI=1S/C17H17ClN2O4/c1-2-24-16(22)12-9-10(7-8-13(12)18)20-15(21)11-5-3-4-6-14(11)19-17(20)23/h7-9H,2-6H2,1H3,(H,19,23). The van der Waals surface area contributed by atoms with Crippen LogP contribution in [0.15, 0.2) is 27.8 Å². The highest BCUT2D eigenvalue weighted by Crippen LogP contribution is 2.21. The van der Waals surface area contributed by atoms with Crippen LogP contribution >= 0.6 is 11.6 Å². The van der Waals surface area contributed by atoms with Gasteiger partial charge in [-0.1, -0.05) is 11.6 Å². The molecule has 7 heteroatoms. The number of benzene rings is 1. The van der Waals surface area contributed by atoms with Crippen LogP contribution in [-0.4, -0.2) is 22.1 Å². The van der Waals surface area contributed by atoms with Gasteiger partial charge in [-0.25, -0.2) is 14.2 Å². The zero-order valence-electron chi connectivity index (χ0n) is 13.2. The molecule has 0 radical (unpaired) electrons. The molecule has 1 aliphatic carbocycles. The summed E-state index contributed by atoms with van der Waals surface area (Å²) in [5, 5.41) is 0.208. The first-order valence-electron chi connectivity index (χ1n) is 7.87. The fraction of sp³-hybridized carbons (Fsp3) is 0.353. The van der Waals surface area contributed by atoms with E-state index < -0.39 is 11.7 Å². The number of ether oxygens (including phenoxy) is 1. The first-order valence-corrected chi connectivity index (χ1v) is 8.25. The summed E-state index contributed by atoms with van der Waals surface area (Å²) in [6, 6.07) is 4.43. The predicted molar refractivity (Wildman–Crippen MR) is 90.3 cm³/mol. The minimum Gasteiger partial charge on any atom is -0.462 e. The van der Waals surface area contributed by atoms with Crippen molar-refractivity contribution in [1.82, 2.24) is 9.55 Å². The third kappa shape index (κ3) is 2.89. The number of aromatic nitrogens is 2. The molecule has 24 heavy (non-hydrogen) atoms. The maximum atomic E-state index is 12.7. The summed E-state index contributed by atoms with van der Waals surface area (Å²) in [6.07, 6.45) is 3.22. The van der Waals surface area contributed by atoms with Gasteiger partial charge >= 0.3 is 11.7 Å². The highest BCUT2D eigenvalue weighted by molar-refractivity contribution is 6.33. The fourth-order valence-electron chi connectivity index (χ4n) is 2.94. The molecule has 6 nitrogen and oxygen atoms in total. The van der Waals surface area contributed by atoms with Gasteiger partial charge in [0.1, 0.15) is 0 Å². The lowest BCUT2D eigenvalue weighted by molar-refractivity contribution is 0.0526. The van der Waals surface area contributed by atoms with E-state index in [9.17, 15) is 14.4 Å². The van der Waals surface area contributed by atoms with Crippen LogP contribution in [0.3, 0.4) is 0 Å². The van der Waals surface area contributed by atoms with Crippen molar-refractivity contribution >= 4 is 17.6 Å². The Kier molecular flexibility index (Phi) is 4.57. The van der Waals surface area contributed by atoms with Gasteiger partial charge in [-0.05, 0) is 50.8 Å². The molecule has 126 valence electrons. The Balaban J connectivity index is 2.17. The minimum absolute atomic E-state index is 0.125. The van der Waals surface area contributed by atoms with Crippen molar-refractivity contribution in [1.29, 1.82) is 0 Å². The molecule has 2 aromatic rings. The van der Waals surface area contributed by atoms with E-state index in [1.165, 1.54) is 18.2 Å². The van der Waals surface area contributed by atoms with Crippen LogP contribution in [-0.2, 0) is 17.6 Å². The second-order valence-electron chi connectivity index (χ2n) is 5.62. The molecule has 0 aliphatic heterocycles. The molecule has 1 aliphatic rings. The average Bonchev–Trinajstić information content (AvgIpc) is 2.56. The largest absolute Gasteiger partial charge is 0.462 e. The SMILES string of the molecule is CCOC(=O)c1cc(-n2c(=O)[nH]c3c(c2=O)CCCC3)ccc1Cl. The predicted octanol–water partition coefficient (Wildman–Crippen LogP) is 2.23. The Morgan fingerprint density at radius 1 is 1.29 bits per heavy atom. The Morgan fingerprint density at radius 2 is 2.04 bits per heavy atom. The number of aryl methyl sites for hydroxylation is 1. The molecule has 0 saturated heterocycles. The number of H-pyrrole nitrogens is 1. The van der Waals surface area contributed by atoms with Crippen molar-refractivity contribution in [2.75, 3.05) is 6.61 Å². The number of nitrogens with zero attached hydrogens (tertiary/aromatic N) is 1. The second kappa shape index (κ2) is 6.65. The van der Waals surface area contributed by atoms with Crippen molar-refractivity contribution in [2.45, 2.75) is 32.6 Å². The topological polar surface area (TPSA) is 81.2 Å². The monoisotopic (exact) mass is 348 g/mol. The van der Waals surface area contributed by atoms with Gasteiger partial charge in [0.15, 0.2) is 0 Å². The van der Waals surface area contributed by atoms with E-state index in [1.54, 1.807) is 6.92 Å². The highest BCUT2D eigenvalue weighted by Gasteiger charge is 2.19. The number of halogens is 1. The number of hydrogen-bond acceptors (Lipinski definition) is 4. The van der Waals surface area contributed by atoms with Crippen LogP contribution in [0.5, 0.6) is 0 Å². The normalized spacial score (nSPS) is 13.4. The first kappa shape index (κ1) is 16.5. The molecule has 0 atom stereocenters. The summed E-state index contributed by atoms with van der Waals surface area (Å²) in [4.78, 5) is 39.8. The molecule has 1 aromatic carbocycles. The van der Waals surface area contributed by atoms with Crippen LogP contribution in [0, 0.1) is 0 Å². The zero-order chi connectivity index (χ0) is 17.3. The van der Waals surface area contributed by atoms with Gasteiger partial charge in [0.25, 0.3) is 5.56 Å². The van der Waals surface area contributed by atoms with E-state index >= 15 is 0 Å². The van der Waals surface area contributed by atoms with Crippen molar-refractivity contribution < 1.29 is 9.53 Å². The van der Waals surface area contributed by atoms with Crippen molar-refractivity contribution in [2.24, 2.45) is 0 Å². The van der Waals surface area contributed by atoms with Gasteiger partial charge < -0.3 is 9.72 Å². The Bertz CT molecular complexity index is 914. The van der Waals surface area contributed by atoms with E-state index in [4.69, 9.17) is 16.3 Å². The van der Waals surface area contributed by atoms with E-state index in [2.05, 4.69) is 4.98 Å². The smallest absolute Gasteiger partial charge is 0.339 e. The summed E-state index contributed by atoms with van der Waals surface area (Å²) in [6.45, 7) is 1.90. The van der Waals surface area contributed by atoms with Crippen LogP contribution in [0.2, 0.25) is 5.02 Å². The molecule has 0 saturated carbocycles. The van der Waals surface area contributed by atoms with Gasteiger partial charge in [0.2, 0.25) is 0 Å². The van der Waals surface area contributed by atoms with Crippen molar-refractivity contribution in [3.63, 3.8) is 0 Å². The molecular formula is C17H17ClN2O4. The summed E-state index contributed by atoms with van der Waals surface area (Å²) in [5.74, 6) is -0.591. The van der Waals surface area contributed by atoms with Crippen LogP contribution in [0.4, 0.5) is 0 Å². The summed E-state index contributed by atoms with van der Waals surface area (Å²) < 4.78 is 6.00. The lowest BCUT2D eigenvalue weighted by Crippen LogP contribution is -2.38. The van der Waals surface area contributed by atoms with Gasteiger partial charge in [0.05, 0.1) is 22.9 Å². The first-order chi connectivity index (χ1) is 11.5. The Hall–Kier alpha value is -2.34. The number of nitrogens with one attached hydrogen (secondary N) is 1. The van der Waals surface area contributed by atoms with E-state index in [0.29, 0.717) is 29.8 Å². The number of carbonyl (C=O) groups is 1. The quantitative estimate of drug-likeness (QED) is 0.862. The lowest BCUT2D eigenvalue weighted by Gasteiger charge is -2.16. The van der Waals surface area contributed by atoms with Crippen LogP contribution < -0.4 is 11.2 Å². The lowest BCUT2D eigenvalue weighted by atomic mass is 9.97. The molecule has 0 spiro atoms. The van der Waals surface area contributed by atoms with Crippen molar-refractivity contribution in [3.8, 4) is 5.69 Å². The van der Waals surface area contributed by atoms with Crippen molar-refractivity contribution in [3.05, 3.63) is 60.9 Å². The number of fused-ring (bicyclic) bond motifs is 1. The molecule has 0 fully saturated rings. The number of hydrogen-bond donors (Lipinski definition) is 1. The highest BCUT2D eigenvalue weighted by atomic mass is 35.5. The molecule has 1 heterocycles. The molecule has 1 aromatic heterocycles. The number of esters is 1. The van der Waals surface area contributed by atoms with E-state index in [1.807, 2.05) is 0 Å². The third-order valence-electron chi connectivity index (χ3n) is 4.09. The Labute approximate surface area is 143 Å². The van der Waals surface area contributed by atoms with E-state index in [0.717, 1.165) is 17.4 Å². The molecule has 0 amide bonds. The number of rotatable bonds is 3. The van der Waals surface area contributed by atoms with Crippen LogP contribution in [0.1, 0.15) is 41.4 Å². The summed E-state index contributed by atoms with van der Waals surface area (Å²) >= 11 is 6.04. The third-order valence-corrected chi connectivity index (χ3v) is 4.42. The van der Waals surface area contributed by atoms with Gasteiger partial charge in [-0.3, -0.25) is 4.79 Å². The molecular weight excluding hydrogens is 332 g/mol. The van der Waals surface area contributed by atoms with Gasteiger partial charge in [-0.15, -0.1) is 0 Å². The molecule has 3 rings (SSSR count). The second-order valence-corrected chi connectivity index (χ2v) is 6.03. The molecule has 0 unspecified atom stereocenters. The number of aromatic amines is 1. The maximum absolute atomic E-state index is 12.7. The van der Waals surface area contributed by atoms with Gasteiger partial charge in [0, 0.05) is 11.3 Å². The zero-order valence-corrected chi connectivity index (χ0v) is 14.0.